The third-order valence-electron chi connectivity index (χ3n) is 5.17. The number of ether oxygens (including phenoxy) is 2. The molecule has 0 fully saturated rings. The summed E-state index contributed by atoms with van der Waals surface area (Å²) in [5, 5.41) is 22.6. The Labute approximate surface area is 230 Å². The van der Waals surface area contributed by atoms with Crippen LogP contribution in [0.3, 0.4) is 0 Å². The molecule has 0 aliphatic heterocycles. The van der Waals surface area contributed by atoms with Crippen LogP contribution in [0.2, 0.25) is 0 Å². The van der Waals surface area contributed by atoms with Gasteiger partial charge in [-0.05, 0) is 58.4 Å². The smallest absolute Gasteiger partial charge is 0.349 e. The van der Waals surface area contributed by atoms with E-state index in [0.717, 1.165) is 11.6 Å². The number of anilines is 1. The predicted octanol–water partition coefficient (Wildman–Crippen LogP) is 3.45. The normalized spacial score (nSPS) is 11.1. The molecule has 204 valence electrons. The van der Waals surface area contributed by atoms with Crippen LogP contribution < -0.4 is 26.2 Å². The molecule has 0 amide bonds. The van der Waals surface area contributed by atoms with E-state index in [1.165, 1.54) is 32.5 Å². The maximum Gasteiger partial charge on any atom is 0.349 e. The molecule has 2 aromatic carbocycles. The van der Waals surface area contributed by atoms with Crippen LogP contribution in [0.25, 0.3) is 5.82 Å². The minimum Gasteiger partial charge on any atom is -0.493 e. The van der Waals surface area contributed by atoms with E-state index in [0.29, 0.717) is 21.5 Å². The van der Waals surface area contributed by atoms with Crippen molar-refractivity contribution in [3.05, 3.63) is 92.5 Å². The largest absolute Gasteiger partial charge is 0.493 e. The Balaban J connectivity index is 0.000000983. The van der Waals surface area contributed by atoms with Crippen LogP contribution in [0.4, 0.5) is 10.1 Å². The van der Waals surface area contributed by atoms with E-state index in [9.17, 15) is 4.79 Å². The number of carboxylic acid groups (broad SMARTS) is 1. The van der Waals surface area contributed by atoms with Crippen molar-refractivity contribution in [1.82, 2.24) is 19.7 Å². The Morgan fingerprint density at radius 1 is 1.21 bits per heavy atom. The number of hydrogen-bond acceptors (Lipinski definition) is 8. The van der Waals surface area contributed by atoms with Gasteiger partial charge in [0.2, 0.25) is 0 Å². The zero-order valence-electron chi connectivity index (χ0n) is 21.0. The number of nitrogens with one attached hydrogen (secondary N) is 3. The molecule has 0 bridgehead atoms. The Morgan fingerprint density at radius 3 is 2.38 bits per heavy atom. The molecule has 2 heterocycles. The molecule has 0 radical (unpaired) electrons. The summed E-state index contributed by atoms with van der Waals surface area (Å²) in [4.78, 5) is 28.7. The summed E-state index contributed by atoms with van der Waals surface area (Å²) in [5.41, 5.74) is 6.24. The van der Waals surface area contributed by atoms with Gasteiger partial charge in [0, 0.05) is 36.0 Å². The topological polar surface area (TPSA) is 181 Å². The molecular formula is C25H25BrFN7O5. The number of halogens is 2. The van der Waals surface area contributed by atoms with Crippen molar-refractivity contribution in [1.29, 1.82) is 5.41 Å². The van der Waals surface area contributed by atoms with E-state index in [1.807, 2.05) is 0 Å². The van der Waals surface area contributed by atoms with Gasteiger partial charge in [0.25, 0.3) is 5.97 Å². The second-order valence-corrected chi connectivity index (χ2v) is 8.71. The van der Waals surface area contributed by atoms with Crippen LogP contribution in [0.15, 0.2) is 64.0 Å². The van der Waals surface area contributed by atoms with Gasteiger partial charge in [-0.25, -0.2) is 14.2 Å². The monoisotopic (exact) mass is 601 g/mol. The van der Waals surface area contributed by atoms with E-state index >= 15 is 4.39 Å². The number of carboxylic acids is 1. The molecule has 4 rings (SSSR count). The molecule has 39 heavy (non-hydrogen) atoms. The molecule has 1 atom stereocenters. The Bertz CT molecular complexity index is 1530. The number of nitrogens with two attached hydrogens (primary N) is 1. The molecule has 2 aromatic heterocycles. The summed E-state index contributed by atoms with van der Waals surface area (Å²) in [6.07, 6.45) is 1.53. The zero-order valence-corrected chi connectivity index (χ0v) is 22.6. The average molecular weight is 602 g/mol. The summed E-state index contributed by atoms with van der Waals surface area (Å²) < 4.78 is 27.5. The number of rotatable bonds is 8. The summed E-state index contributed by atoms with van der Waals surface area (Å²) in [7, 11) is 2.85. The van der Waals surface area contributed by atoms with Crippen LogP contribution in [-0.2, 0) is 4.79 Å². The Kier molecular flexibility index (Phi) is 9.38. The lowest BCUT2D eigenvalue weighted by Gasteiger charge is -2.20. The summed E-state index contributed by atoms with van der Waals surface area (Å²) in [6.45, 7) is 1.08. The maximum absolute atomic E-state index is 15.3. The SMILES string of the molecule is CC(=O)O.COc1cc(F)c(C(Nc2ccc(C(=N)N)cc2)c2nn(-c3ncccc3Br)c(=O)[nH]2)cc1OC. The Morgan fingerprint density at radius 2 is 1.82 bits per heavy atom. The van der Waals surface area contributed by atoms with Crippen molar-refractivity contribution >= 4 is 33.4 Å². The van der Waals surface area contributed by atoms with E-state index in [2.05, 4.69) is 36.3 Å². The first-order valence-corrected chi connectivity index (χ1v) is 12.0. The first-order valence-electron chi connectivity index (χ1n) is 11.2. The fourth-order valence-corrected chi connectivity index (χ4v) is 3.87. The van der Waals surface area contributed by atoms with E-state index in [1.54, 1.807) is 36.4 Å². The number of aromatic nitrogens is 4. The molecule has 0 saturated heterocycles. The molecule has 0 aliphatic rings. The number of hydrogen-bond donors (Lipinski definition) is 5. The molecular weight excluding hydrogens is 577 g/mol. The number of H-pyrrole nitrogens is 1. The molecule has 1 unspecified atom stereocenters. The second kappa shape index (κ2) is 12.7. The molecule has 0 aliphatic carbocycles. The highest BCUT2D eigenvalue weighted by Gasteiger charge is 2.26. The number of methoxy groups -OCH3 is 2. The number of aromatic amines is 1. The van der Waals surface area contributed by atoms with Gasteiger partial charge in [0.1, 0.15) is 17.7 Å². The van der Waals surface area contributed by atoms with Gasteiger partial charge in [-0.3, -0.25) is 15.2 Å². The first-order chi connectivity index (χ1) is 18.5. The minimum atomic E-state index is -0.936. The van der Waals surface area contributed by atoms with Gasteiger partial charge in [-0.2, -0.15) is 4.68 Å². The number of carbonyl (C=O) groups is 1. The van der Waals surface area contributed by atoms with Crippen molar-refractivity contribution in [3.63, 3.8) is 0 Å². The zero-order chi connectivity index (χ0) is 28.7. The van der Waals surface area contributed by atoms with Gasteiger partial charge < -0.3 is 25.6 Å². The van der Waals surface area contributed by atoms with Crippen molar-refractivity contribution in [3.8, 4) is 17.3 Å². The van der Waals surface area contributed by atoms with Gasteiger partial charge >= 0.3 is 5.69 Å². The van der Waals surface area contributed by atoms with Crippen LogP contribution in [0, 0.1) is 11.2 Å². The molecule has 0 spiro atoms. The maximum atomic E-state index is 15.3. The standard InChI is InChI=1S/C23H21BrFN7O3.C2H4O2/c1-34-17-10-14(16(25)11-18(17)35-2)19(29-13-7-5-12(6-8-13)20(26)27)21-30-23(33)32(31-21)22-15(24)4-3-9-28-22;1-2(3)4/h3-11,19,29H,1-2H3,(H3,26,27)(H,30,31,33);1H3,(H,3,4). The number of nitrogen functional groups attached to an aromatic ring is 1. The first kappa shape index (κ1) is 28.8. The number of pyridine rings is 1. The third kappa shape index (κ3) is 6.98. The fraction of sp³-hybridized carbons (Fsp3) is 0.160. The lowest BCUT2D eigenvalue weighted by Crippen LogP contribution is -2.17. The molecule has 12 nitrogen and oxygen atoms in total. The highest BCUT2D eigenvalue weighted by Crippen LogP contribution is 2.35. The average Bonchev–Trinajstić information content (AvgIpc) is 3.28. The van der Waals surface area contributed by atoms with Crippen molar-refractivity contribution in [2.45, 2.75) is 13.0 Å². The molecule has 4 aromatic rings. The quantitative estimate of drug-likeness (QED) is 0.149. The number of nitrogens with zero attached hydrogens (tertiary/aromatic N) is 3. The van der Waals surface area contributed by atoms with Gasteiger partial charge in [-0.15, -0.1) is 5.10 Å². The van der Waals surface area contributed by atoms with Crippen molar-refractivity contribution in [2.24, 2.45) is 5.73 Å². The highest BCUT2D eigenvalue weighted by molar-refractivity contribution is 9.10. The lowest BCUT2D eigenvalue weighted by molar-refractivity contribution is -0.134. The van der Waals surface area contributed by atoms with E-state index in [4.69, 9.17) is 30.5 Å². The van der Waals surface area contributed by atoms with Crippen LogP contribution in [0.5, 0.6) is 11.5 Å². The minimum absolute atomic E-state index is 0.0805. The van der Waals surface area contributed by atoms with Gasteiger partial charge in [0.15, 0.2) is 23.1 Å². The summed E-state index contributed by atoms with van der Waals surface area (Å²) in [6, 6.07) is 11.9. The third-order valence-corrected chi connectivity index (χ3v) is 5.79. The number of aliphatic carboxylic acids is 1. The van der Waals surface area contributed by atoms with Crippen LogP contribution in [-0.4, -0.2) is 50.9 Å². The molecule has 0 saturated carbocycles. The van der Waals surface area contributed by atoms with Crippen LogP contribution in [0.1, 0.15) is 29.9 Å². The fourth-order valence-electron chi connectivity index (χ4n) is 3.44. The molecule has 6 N–H and O–H groups in total. The molecule has 14 heteroatoms. The van der Waals surface area contributed by atoms with E-state index < -0.39 is 23.5 Å². The highest BCUT2D eigenvalue weighted by atomic mass is 79.9. The second-order valence-electron chi connectivity index (χ2n) is 7.85. The predicted molar refractivity (Wildman–Crippen MR) is 145 cm³/mol. The van der Waals surface area contributed by atoms with Crippen LogP contribution >= 0.6 is 15.9 Å². The Hall–Kier alpha value is -4.72. The van der Waals surface area contributed by atoms with Crippen molar-refractivity contribution in [2.75, 3.05) is 19.5 Å². The van der Waals surface area contributed by atoms with Gasteiger partial charge in [-0.1, -0.05) is 0 Å². The summed E-state index contributed by atoms with van der Waals surface area (Å²) in [5.74, 6) is -0.587. The van der Waals surface area contributed by atoms with Crippen molar-refractivity contribution < 1.29 is 23.8 Å². The summed E-state index contributed by atoms with van der Waals surface area (Å²) >= 11 is 3.37. The van der Waals surface area contributed by atoms with Gasteiger partial charge in [0.05, 0.1) is 18.7 Å². The number of amidine groups is 1. The lowest BCUT2D eigenvalue weighted by atomic mass is 10.0. The van der Waals surface area contributed by atoms with E-state index in [-0.39, 0.29) is 28.8 Å². The number of benzene rings is 2.